The Morgan fingerprint density at radius 3 is 1.68 bits per heavy atom. The Balaban J connectivity index is 1.06. The van der Waals surface area contributed by atoms with E-state index < -0.39 is 0 Å². The molecule has 292 valence electrons. The zero-order valence-electron chi connectivity index (χ0n) is 34.1. The summed E-state index contributed by atoms with van der Waals surface area (Å²) in [6, 6.07) is 47.5. The van der Waals surface area contributed by atoms with Crippen molar-refractivity contribution in [3.63, 3.8) is 0 Å². The van der Waals surface area contributed by atoms with Crippen LogP contribution < -0.4 is 16.2 Å². The van der Waals surface area contributed by atoms with Gasteiger partial charge in [-0.1, -0.05) is 118 Å². The third kappa shape index (κ3) is 7.23. The highest BCUT2D eigenvalue weighted by atomic mass is 16.4. The maximum Gasteiger partial charge on any atom is 0.344 e. The predicted molar refractivity (Wildman–Crippen MR) is 247 cm³/mol. The van der Waals surface area contributed by atoms with Crippen LogP contribution in [-0.2, 0) is 0 Å². The number of hydrogen-bond donors (Lipinski definition) is 0. The van der Waals surface area contributed by atoms with E-state index in [1.807, 2.05) is 66.7 Å². The van der Waals surface area contributed by atoms with Gasteiger partial charge in [-0.3, -0.25) is 0 Å². The SMILES string of the molecule is CCCCN(CCCC)c1ccc2cc(-c3ccc(-c4c(C)ccc5c(-c6cccc(-c7cc8cc9ccccc9cc8oc7=O)c6)c(C)ccc45)cc3)c(=O)oc2c1. The van der Waals surface area contributed by atoms with Crippen LogP contribution in [0.2, 0.25) is 0 Å². The van der Waals surface area contributed by atoms with Crippen molar-refractivity contribution in [2.45, 2.75) is 53.4 Å². The first-order valence-corrected chi connectivity index (χ1v) is 20.8. The molecular weight excluding hydrogens is 727 g/mol. The van der Waals surface area contributed by atoms with Crippen molar-refractivity contribution >= 4 is 49.2 Å². The molecule has 5 heteroatoms. The molecule has 9 aromatic rings. The summed E-state index contributed by atoms with van der Waals surface area (Å²) in [5.41, 5.74) is 11.0. The second kappa shape index (κ2) is 15.9. The largest absolute Gasteiger partial charge is 0.422 e. The number of hydrogen-bond acceptors (Lipinski definition) is 5. The summed E-state index contributed by atoms with van der Waals surface area (Å²) in [5.74, 6) is 0. The molecule has 0 radical (unpaired) electrons. The molecule has 2 heterocycles. The van der Waals surface area contributed by atoms with Gasteiger partial charge in [0, 0.05) is 35.6 Å². The molecule has 5 nitrogen and oxygen atoms in total. The fourth-order valence-electron chi connectivity index (χ4n) is 8.62. The standard InChI is InChI=1S/C54H47NO4/c1-5-7-26-55(27-8-6-2)44-23-22-41-30-47(53(56)59-50(41)33-44)36-18-20-37(21-19-36)51-34(3)16-25-46-45(51)24-17-35(4)52(46)42-15-11-14-40(29-42)48-31-43-28-38-12-9-10-13-39(38)32-49(43)58-54(48)57/h9-25,28-33H,5-8,26-27H2,1-4H3. The topological polar surface area (TPSA) is 63.7 Å². The molecule has 0 aliphatic carbocycles. The van der Waals surface area contributed by atoms with E-state index in [1.54, 1.807) is 0 Å². The molecule has 0 spiro atoms. The van der Waals surface area contributed by atoms with Gasteiger partial charge < -0.3 is 13.7 Å². The minimum atomic E-state index is -0.358. The van der Waals surface area contributed by atoms with Gasteiger partial charge in [0.05, 0.1) is 11.1 Å². The summed E-state index contributed by atoms with van der Waals surface area (Å²) >= 11 is 0. The highest BCUT2D eigenvalue weighted by molar-refractivity contribution is 6.07. The molecule has 0 atom stereocenters. The maximum atomic E-state index is 13.5. The minimum absolute atomic E-state index is 0.338. The lowest BCUT2D eigenvalue weighted by molar-refractivity contribution is 0.563. The van der Waals surface area contributed by atoms with Crippen LogP contribution in [0.15, 0.2) is 158 Å². The van der Waals surface area contributed by atoms with E-state index in [0.717, 1.165) is 121 Å². The first-order valence-electron chi connectivity index (χ1n) is 20.8. The van der Waals surface area contributed by atoms with Crippen molar-refractivity contribution in [2.24, 2.45) is 0 Å². The van der Waals surface area contributed by atoms with Gasteiger partial charge in [0.2, 0.25) is 0 Å². The van der Waals surface area contributed by atoms with E-state index in [9.17, 15) is 9.59 Å². The lowest BCUT2D eigenvalue weighted by Crippen LogP contribution is -2.25. The molecule has 0 fully saturated rings. The Labute approximate surface area is 344 Å². The summed E-state index contributed by atoms with van der Waals surface area (Å²) in [6.07, 6.45) is 4.52. The fourth-order valence-corrected chi connectivity index (χ4v) is 8.62. The Morgan fingerprint density at radius 1 is 0.458 bits per heavy atom. The highest BCUT2D eigenvalue weighted by Gasteiger charge is 2.17. The molecular formula is C54H47NO4. The summed E-state index contributed by atoms with van der Waals surface area (Å²) < 4.78 is 11.9. The number of aryl methyl sites for hydroxylation is 2. The van der Waals surface area contributed by atoms with Crippen LogP contribution in [0.25, 0.3) is 88.0 Å². The number of benzene rings is 7. The van der Waals surface area contributed by atoms with E-state index in [4.69, 9.17) is 8.83 Å². The summed E-state index contributed by atoms with van der Waals surface area (Å²) in [7, 11) is 0. The number of fused-ring (bicyclic) bond motifs is 4. The van der Waals surface area contributed by atoms with Crippen molar-refractivity contribution < 1.29 is 8.83 Å². The summed E-state index contributed by atoms with van der Waals surface area (Å²) in [4.78, 5) is 29.3. The summed E-state index contributed by atoms with van der Waals surface area (Å²) in [5, 5.41) is 6.19. The van der Waals surface area contributed by atoms with Crippen molar-refractivity contribution in [2.75, 3.05) is 18.0 Å². The molecule has 0 aliphatic rings. The van der Waals surface area contributed by atoms with Gasteiger partial charge in [0.1, 0.15) is 11.2 Å². The molecule has 2 aromatic heterocycles. The van der Waals surface area contributed by atoms with Crippen LogP contribution >= 0.6 is 0 Å². The van der Waals surface area contributed by atoms with Gasteiger partial charge in [-0.2, -0.15) is 0 Å². The van der Waals surface area contributed by atoms with E-state index >= 15 is 0 Å². The van der Waals surface area contributed by atoms with Crippen LogP contribution in [0.4, 0.5) is 5.69 Å². The first kappa shape index (κ1) is 37.8. The fraction of sp³-hybridized carbons (Fsp3) is 0.185. The average Bonchev–Trinajstić information content (AvgIpc) is 3.25. The molecule has 7 aromatic carbocycles. The smallest absolute Gasteiger partial charge is 0.344 e. The zero-order valence-corrected chi connectivity index (χ0v) is 34.1. The monoisotopic (exact) mass is 773 g/mol. The second-order valence-corrected chi connectivity index (χ2v) is 15.8. The van der Waals surface area contributed by atoms with E-state index in [0.29, 0.717) is 22.3 Å². The molecule has 0 saturated heterocycles. The quantitative estimate of drug-likeness (QED) is 0.0967. The van der Waals surface area contributed by atoms with Crippen molar-refractivity contribution in [3.05, 3.63) is 171 Å². The van der Waals surface area contributed by atoms with Gasteiger partial charge in [-0.05, 0) is 135 Å². The van der Waals surface area contributed by atoms with Crippen molar-refractivity contribution in [3.8, 4) is 44.5 Å². The Bertz CT molecular complexity index is 3150. The predicted octanol–water partition coefficient (Wildman–Crippen LogP) is 13.9. The normalized spacial score (nSPS) is 11.6. The Morgan fingerprint density at radius 2 is 1.02 bits per heavy atom. The highest BCUT2D eigenvalue weighted by Crippen LogP contribution is 2.40. The molecule has 0 bridgehead atoms. The number of anilines is 1. The van der Waals surface area contributed by atoms with Gasteiger partial charge in [-0.25, -0.2) is 9.59 Å². The number of unbranched alkanes of at least 4 members (excludes halogenated alkanes) is 2. The van der Waals surface area contributed by atoms with Crippen LogP contribution in [-0.4, -0.2) is 13.1 Å². The zero-order chi connectivity index (χ0) is 40.6. The minimum Gasteiger partial charge on any atom is -0.422 e. The second-order valence-electron chi connectivity index (χ2n) is 15.8. The number of rotatable bonds is 11. The molecule has 59 heavy (non-hydrogen) atoms. The maximum absolute atomic E-state index is 13.5. The molecule has 0 N–H and O–H groups in total. The average molecular weight is 774 g/mol. The van der Waals surface area contributed by atoms with Crippen molar-refractivity contribution in [1.29, 1.82) is 0 Å². The van der Waals surface area contributed by atoms with Gasteiger partial charge in [0.25, 0.3) is 0 Å². The lowest BCUT2D eigenvalue weighted by atomic mass is 9.87. The van der Waals surface area contributed by atoms with Gasteiger partial charge >= 0.3 is 11.3 Å². The Kier molecular flexibility index (Phi) is 10.2. The molecule has 0 amide bonds. The molecule has 9 rings (SSSR count). The summed E-state index contributed by atoms with van der Waals surface area (Å²) in [6.45, 7) is 10.7. The van der Waals surface area contributed by atoms with Gasteiger partial charge in [0.15, 0.2) is 0 Å². The van der Waals surface area contributed by atoms with Gasteiger partial charge in [-0.15, -0.1) is 0 Å². The molecule has 0 unspecified atom stereocenters. The lowest BCUT2D eigenvalue weighted by Gasteiger charge is -2.24. The van der Waals surface area contributed by atoms with Crippen LogP contribution in [0.5, 0.6) is 0 Å². The van der Waals surface area contributed by atoms with E-state index in [1.165, 1.54) is 0 Å². The third-order valence-corrected chi connectivity index (χ3v) is 11.8. The van der Waals surface area contributed by atoms with Crippen LogP contribution in [0, 0.1) is 13.8 Å². The van der Waals surface area contributed by atoms with Crippen LogP contribution in [0.1, 0.15) is 50.7 Å². The van der Waals surface area contributed by atoms with E-state index in [-0.39, 0.29) is 11.3 Å². The third-order valence-electron chi connectivity index (χ3n) is 11.8. The van der Waals surface area contributed by atoms with Crippen molar-refractivity contribution in [1.82, 2.24) is 0 Å². The molecule has 0 aliphatic heterocycles. The Hall–Kier alpha value is -6.72. The van der Waals surface area contributed by atoms with Crippen LogP contribution in [0.3, 0.4) is 0 Å². The number of nitrogens with zero attached hydrogens (tertiary/aromatic N) is 1. The first-order chi connectivity index (χ1) is 28.8. The van der Waals surface area contributed by atoms with E-state index in [2.05, 4.69) is 105 Å². The molecule has 0 saturated carbocycles.